The fourth-order valence-electron chi connectivity index (χ4n) is 2.41. The molecule has 1 aliphatic carbocycles. The second-order valence-corrected chi connectivity index (χ2v) is 7.78. The van der Waals surface area contributed by atoms with E-state index in [-0.39, 0.29) is 10.0 Å². The third-order valence-corrected chi connectivity index (χ3v) is 5.94. The van der Waals surface area contributed by atoms with Crippen molar-refractivity contribution in [2.45, 2.75) is 24.2 Å². The summed E-state index contributed by atoms with van der Waals surface area (Å²) in [5.41, 5.74) is 2.73. The Kier molecular flexibility index (Phi) is 3.94. The van der Waals surface area contributed by atoms with Gasteiger partial charge in [-0.1, -0.05) is 17.7 Å². The van der Waals surface area contributed by atoms with Crippen LogP contribution in [0.25, 0.3) is 0 Å². The number of sulfonamides is 1. The first kappa shape index (κ1) is 14.8. The molecule has 0 atom stereocenters. The molecule has 0 spiro atoms. The summed E-state index contributed by atoms with van der Waals surface area (Å²) in [6.07, 6.45) is 4.43. The van der Waals surface area contributed by atoms with Crippen molar-refractivity contribution >= 4 is 43.2 Å². The lowest BCUT2D eigenvalue weighted by Crippen LogP contribution is -2.13. The van der Waals surface area contributed by atoms with Crippen LogP contribution in [0, 0.1) is 0 Å². The first-order valence-electron chi connectivity index (χ1n) is 6.41. The molecule has 1 heterocycles. The van der Waals surface area contributed by atoms with Gasteiger partial charge in [0.2, 0.25) is 0 Å². The average molecular weight is 388 g/mol. The number of aryl methyl sites for hydroxylation is 2. The Morgan fingerprint density at radius 2 is 1.95 bits per heavy atom. The highest BCUT2D eigenvalue weighted by molar-refractivity contribution is 9.10. The van der Waals surface area contributed by atoms with Crippen LogP contribution in [0.4, 0.5) is 5.69 Å². The Morgan fingerprint density at radius 3 is 2.71 bits per heavy atom. The highest BCUT2D eigenvalue weighted by Crippen LogP contribution is 2.27. The number of halogens is 2. The van der Waals surface area contributed by atoms with Crippen LogP contribution in [-0.4, -0.2) is 13.4 Å². The monoisotopic (exact) mass is 386 g/mol. The van der Waals surface area contributed by atoms with Gasteiger partial charge < -0.3 is 0 Å². The number of nitrogens with zero attached hydrogens (tertiary/aromatic N) is 1. The Morgan fingerprint density at radius 1 is 1.19 bits per heavy atom. The summed E-state index contributed by atoms with van der Waals surface area (Å²) in [7, 11) is -3.62. The smallest absolute Gasteiger partial charge is 0.261 e. The van der Waals surface area contributed by atoms with Crippen molar-refractivity contribution in [1.29, 1.82) is 0 Å². The van der Waals surface area contributed by atoms with Crippen molar-refractivity contribution in [2.75, 3.05) is 4.72 Å². The standard InChI is InChI=1S/C14H12BrClN2O2S/c15-13-7-11(8-17-14(13)16)18-21(19,20)12-5-4-9-2-1-3-10(9)6-12/h4-8,18H,1-3H2. The molecule has 0 bridgehead atoms. The number of fused-ring (bicyclic) bond motifs is 1. The van der Waals surface area contributed by atoms with Gasteiger partial charge in [-0.2, -0.15) is 0 Å². The summed E-state index contributed by atoms with van der Waals surface area (Å²) in [5.74, 6) is 0. The molecule has 0 radical (unpaired) electrons. The van der Waals surface area contributed by atoms with Crippen LogP contribution >= 0.6 is 27.5 Å². The molecule has 1 aliphatic rings. The zero-order valence-corrected chi connectivity index (χ0v) is 14.1. The fourth-order valence-corrected chi connectivity index (χ4v) is 3.94. The lowest BCUT2D eigenvalue weighted by atomic mass is 10.1. The Balaban J connectivity index is 1.91. The maximum atomic E-state index is 12.4. The maximum absolute atomic E-state index is 12.4. The number of benzene rings is 1. The number of pyridine rings is 1. The number of nitrogens with one attached hydrogen (secondary N) is 1. The zero-order chi connectivity index (χ0) is 15.0. The van der Waals surface area contributed by atoms with Crippen LogP contribution in [0.1, 0.15) is 17.5 Å². The molecule has 0 unspecified atom stereocenters. The largest absolute Gasteiger partial charge is 0.278 e. The molecule has 1 aromatic carbocycles. The van der Waals surface area contributed by atoms with Gasteiger partial charge in [-0.05, 0) is 64.5 Å². The van der Waals surface area contributed by atoms with Gasteiger partial charge in [-0.3, -0.25) is 4.72 Å². The predicted molar refractivity (Wildman–Crippen MR) is 86.2 cm³/mol. The minimum absolute atomic E-state index is 0.272. The molecule has 0 aliphatic heterocycles. The van der Waals surface area contributed by atoms with E-state index in [9.17, 15) is 8.42 Å². The molecule has 110 valence electrons. The quantitative estimate of drug-likeness (QED) is 0.815. The van der Waals surface area contributed by atoms with E-state index < -0.39 is 10.0 Å². The van der Waals surface area contributed by atoms with Crippen LogP contribution in [0.5, 0.6) is 0 Å². The van der Waals surface area contributed by atoms with Gasteiger partial charge in [0.15, 0.2) is 0 Å². The van der Waals surface area contributed by atoms with Crippen molar-refractivity contribution in [2.24, 2.45) is 0 Å². The van der Waals surface area contributed by atoms with Crippen molar-refractivity contribution in [3.63, 3.8) is 0 Å². The third-order valence-electron chi connectivity index (χ3n) is 3.43. The second kappa shape index (κ2) is 5.59. The van der Waals surface area contributed by atoms with Gasteiger partial charge in [0.05, 0.1) is 21.3 Å². The van der Waals surface area contributed by atoms with Crippen molar-refractivity contribution in [1.82, 2.24) is 4.98 Å². The summed E-state index contributed by atoms with van der Waals surface area (Å²) < 4.78 is 27.9. The topological polar surface area (TPSA) is 59.1 Å². The molecule has 0 amide bonds. The van der Waals surface area contributed by atoms with E-state index in [1.54, 1.807) is 18.2 Å². The van der Waals surface area contributed by atoms with Crippen LogP contribution in [0.3, 0.4) is 0 Å². The molecule has 7 heteroatoms. The Bertz CT molecular complexity index is 809. The number of anilines is 1. The van der Waals surface area contributed by atoms with E-state index in [0.29, 0.717) is 10.2 Å². The van der Waals surface area contributed by atoms with Gasteiger partial charge in [-0.15, -0.1) is 0 Å². The molecule has 4 nitrogen and oxygen atoms in total. The zero-order valence-electron chi connectivity index (χ0n) is 10.9. The minimum Gasteiger partial charge on any atom is -0.278 e. The number of rotatable bonds is 3. The summed E-state index contributed by atoms with van der Waals surface area (Å²) in [5, 5.41) is 0.287. The second-order valence-electron chi connectivity index (χ2n) is 4.89. The highest BCUT2D eigenvalue weighted by atomic mass is 79.9. The maximum Gasteiger partial charge on any atom is 0.261 e. The van der Waals surface area contributed by atoms with Crippen molar-refractivity contribution < 1.29 is 8.42 Å². The first-order valence-corrected chi connectivity index (χ1v) is 9.07. The molecule has 1 aromatic heterocycles. The molecular formula is C14H12BrClN2O2S. The highest BCUT2D eigenvalue weighted by Gasteiger charge is 2.19. The minimum atomic E-state index is -3.62. The van der Waals surface area contributed by atoms with Gasteiger partial charge in [0, 0.05) is 0 Å². The van der Waals surface area contributed by atoms with Gasteiger partial charge in [-0.25, -0.2) is 13.4 Å². The van der Waals surface area contributed by atoms with Crippen molar-refractivity contribution in [3.05, 3.63) is 51.2 Å². The van der Waals surface area contributed by atoms with E-state index in [4.69, 9.17) is 11.6 Å². The molecule has 1 N–H and O–H groups in total. The number of aromatic nitrogens is 1. The lowest BCUT2D eigenvalue weighted by molar-refractivity contribution is 0.601. The van der Waals surface area contributed by atoms with E-state index in [0.717, 1.165) is 24.8 Å². The lowest BCUT2D eigenvalue weighted by Gasteiger charge is -2.10. The van der Waals surface area contributed by atoms with Crippen LogP contribution in [0.2, 0.25) is 5.15 Å². The Hall–Kier alpha value is -1.11. The molecule has 3 rings (SSSR count). The summed E-state index contributed by atoms with van der Waals surface area (Å²) >= 11 is 9.02. The fraction of sp³-hybridized carbons (Fsp3) is 0.214. The van der Waals surface area contributed by atoms with E-state index in [1.165, 1.54) is 11.8 Å². The molecule has 0 fully saturated rings. The van der Waals surface area contributed by atoms with Gasteiger partial charge in [0.1, 0.15) is 5.15 Å². The van der Waals surface area contributed by atoms with E-state index in [2.05, 4.69) is 25.6 Å². The van der Waals surface area contributed by atoms with E-state index in [1.807, 2.05) is 6.07 Å². The van der Waals surface area contributed by atoms with E-state index >= 15 is 0 Å². The molecule has 2 aromatic rings. The molecule has 0 saturated carbocycles. The SMILES string of the molecule is O=S(=O)(Nc1cnc(Cl)c(Br)c1)c1ccc2c(c1)CCC2. The third kappa shape index (κ3) is 3.07. The average Bonchev–Trinajstić information content (AvgIpc) is 2.90. The summed E-state index contributed by atoms with van der Waals surface area (Å²) in [4.78, 5) is 4.18. The molecule has 21 heavy (non-hydrogen) atoms. The Labute approximate surface area is 136 Å². The first-order chi connectivity index (χ1) is 9.95. The summed E-state index contributed by atoms with van der Waals surface area (Å²) in [6, 6.07) is 6.88. The molecular weight excluding hydrogens is 376 g/mol. The number of hydrogen-bond acceptors (Lipinski definition) is 3. The van der Waals surface area contributed by atoms with Gasteiger partial charge in [0.25, 0.3) is 10.0 Å². The van der Waals surface area contributed by atoms with Crippen LogP contribution < -0.4 is 4.72 Å². The molecule has 0 saturated heterocycles. The van der Waals surface area contributed by atoms with Crippen LogP contribution in [-0.2, 0) is 22.9 Å². The normalized spacial score (nSPS) is 14.0. The van der Waals surface area contributed by atoms with Gasteiger partial charge >= 0.3 is 0 Å². The predicted octanol–water partition coefficient (Wildman–Crippen LogP) is 3.79. The van der Waals surface area contributed by atoms with Crippen molar-refractivity contribution in [3.8, 4) is 0 Å². The van der Waals surface area contributed by atoms with Crippen LogP contribution in [0.15, 0.2) is 39.8 Å². The summed E-state index contributed by atoms with van der Waals surface area (Å²) in [6.45, 7) is 0. The number of hydrogen-bond donors (Lipinski definition) is 1.